The van der Waals surface area contributed by atoms with Gasteiger partial charge in [-0.05, 0) is 60.7 Å². The minimum atomic E-state index is -0.260. The van der Waals surface area contributed by atoms with Crippen LogP contribution in [0.5, 0.6) is 0 Å². The summed E-state index contributed by atoms with van der Waals surface area (Å²) in [6.07, 6.45) is 5.60. The van der Waals surface area contributed by atoms with Crippen LogP contribution >= 0.6 is 0 Å². The van der Waals surface area contributed by atoms with Gasteiger partial charge in [0, 0.05) is 36.1 Å². The van der Waals surface area contributed by atoms with Gasteiger partial charge in [-0.25, -0.2) is 14.4 Å². The molecule has 0 aliphatic carbocycles. The quantitative estimate of drug-likeness (QED) is 0.422. The predicted molar refractivity (Wildman–Crippen MR) is 111 cm³/mol. The Kier molecular flexibility index (Phi) is 4.09. The summed E-state index contributed by atoms with van der Waals surface area (Å²) in [4.78, 5) is 8.87. The van der Waals surface area contributed by atoms with Crippen LogP contribution in [0.2, 0.25) is 0 Å². The molecule has 5 nitrogen and oxygen atoms in total. The number of hydrogen-bond acceptors (Lipinski definition) is 4. The number of aryl methyl sites for hydroxylation is 1. The molecule has 1 N–H and O–H groups in total. The SMILES string of the molecule is Cc1ncc(-c2ccc(Nc3cccn4cc(-c5ccc(F)cc5)nc34)cc2)o1. The first kappa shape index (κ1) is 17.2. The third-order valence-electron chi connectivity index (χ3n) is 4.69. The predicted octanol–water partition coefficient (Wildman–Crippen LogP) is 5.85. The Labute approximate surface area is 166 Å². The molecule has 0 radical (unpaired) electrons. The normalized spacial score (nSPS) is 11.1. The minimum Gasteiger partial charge on any atom is -0.441 e. The number of nitrogens with zero attached hydrogens (tertiary/aromatic N) is 3. The molecule has 0 aliphatic heterocycles. The highest BCUT2D eigenvalue weighted by Gasteiger charge is 2.09. The Balaban J connectivity index is 1.45. The van der Waals surface area contributed by atoms with Gasteiger partial charge in [-0.1, -0.05) is 0 Å². The fourth-order valence-electron chi connectivity index (χ4n) is 3.24. The largest absolute Gasteiger partial charge is 0.441 e. The molecule has 2 aromatic carbocycles. The molecule has 0 saturated carbocycles. The smallest absolute Gasteiger partial charge is 0.191 e. The Bertz CT molecular complexity index is 1290. The van der Waals surface area contributed by atoms with Crippen molar-refractivity contribution >= 4 is 17.0 Å². The lowest BCUT2D eigenvalue weighted by Gasteiger charge is -2.08. The molecule has 5 rings (SSSR count). The number of oxazole rings is 1. The van der Waals surface area contributed by atoms with Crippen molar-refractivity contribution in [3.8, 4) is 22.6 Å². The van der Waals surface area contributed by atoms with Gasteiger partial charge in [0.15, 0.2) is 17.3 Å². The number of benzene rings is 2. The van der Waals surface area contributed by atoms with Crippen LogP contribution < -0.4 is 5.32 Å². The number of aromatic nitrogens is 3. The Hall–Kier alpha value is -3.93. The van der Waals surface area contributed by atoms with Gasteiger partial charge >= 0.3 is 0 Å². The van der Waals surface area contributed by atoms with Crippen LogP contribution in [0.25, 0.3) is 28.2 Å². The monoisotopic (exact) mass is 384 g/mol. The summed E-state index contributed by atoms with van der Waals surface area (Å²) in [5.41, 5.74) is 5.23. The first-order valence-corrected chi connectivity index (χ1v) is 9.19. The topological polar surface area (TPSA) is 55.4 Å². The standard InChI is InChI=1S/C23H17FN4O/c1-15-25-13-22(29-15)17-6-10-19(11-7-17)26-20-3-2-12-28-14-21(27-23(20)28)16-4-8-18(24)9-5-16/h2-14,26H,1H3. The number of halogens is 1. The van der Waals surface area contributed by atoms with Gasteiger partial charge in [-0.3, -0.25) is 0 Å². The molecule has 29 heavy (non-hydrogen) atoms. The Morgan fingerprint density at radius 1 is 0.966 bits per heavy atom. The Morgan fingerprint density at radius 3 is 2.45 bits per heavy atom. The molecule has 3 heterocycles. The molecule has 6 heteroatoms. The van der Waals surface area contributed by atoms with E-state index in [1.807, 2.05) is 60.1 Å². The van der Waals surface area contributed by atoms with E-state index in [2.05, 4.69) is 10.3 Å². The number of imidazole rings is 1. The van der Waals surface area contributed by atoms with Crippen LogP contribution in [0.1, 0.15) is 5.89 Å². The second kappa shape index (κ2) is 6.91. The minimum absolute atomic E-state index is 0.260. The van der Waals surface area contributed by atoms with Gasteiger partial charge in [-0.15, -0.1) is 0 Å². The highest BCUT2D eigenvalue weighted by Crippen LogP contribution is 2.27. The van der Waals surface area contributed by atoms with Crippen molar-refractivity contribution < 1.29 is 8.81 Å². The van der Waals surface area contributed by atoms with Gasteiger partial charge in [0.25, 0.3) is 0 Å². The molecule has 0 unspecified atom stereocenters. The molecule has 142 valence electrons. The molecule has 0 bridgehead atoms. The van der Waals surface area contributed by atoms with E-state index in [4.69, 9.17) is 9.40 Å². The molecule has 3 aromatic heterocycles. The van der Waals surface area contributed by atoms with Crippen molar-refractivity contribution in [1.82, 2.24) is 14.4 Å². The van der Waals surface area contributed by atoms with Gasteiger partial charge in [0.1, 0.15) is 5.82 Å². The van der Waals surface area contributed by atoms with E-state index in [0.717, 1.165) is 39.6 Å². The van der Waals surface area contributed by atoms with Crippen molar-refractivity contribution in [3.05, 3.63) is 91.0 Å². The van der Waals surface area contributed by atoms with Crippen molar-refractivity contribution in [3.63, 3.8) is 0 Å². The first-order chi connectivity index (χ1) is 14.2. The zero-order chi connectivity index (χ0) is 19.8. The Morgan fingerprint density at radius 2 is 1.72 bits per heavy atom. The maximum Gasteiger partial charge on any atom is 0.191 e. The van der Waals surface area contributed by atoms with Crippen molar-refractivity contribution in [2.24, 2.45) is 0 Å². The van der Waals surface area contributed by atoms with E-state index in [1.54, 1.807) is 18.3 Å². The van der Waals surface area contributed by atoms with Crippen molar-refractivity contribution in [1.29, 1.82) is 0 Å². The molecule has 0 atom stereocenters. The highest BCUT2D eigenvalue weighted by molar-refractivity contribution is 5.77. The molecular weight excluding hydrogens is 367 g/mol. The number of fused-ring (bicyclic) bond motifs is 1. The first-order valence-electron chi connectivity index (χ1n) is 9.19. The van der Waals surface area contributed by atoms with Crippen LogP contribution in [0.15, 0.2) is 83.7 Å². The van der Waals surface area contributed by atoms with Crippen LogP contribution in [-0.4, -0.2) is 14.4 Å². The molecule has 5 aromatic rings. The second-order valence-electron chi connectivity index (χ2n) is 6.73. The van der Waals surface area contributed by atoms with E-state index in [9.17, 15) is 4.39 Å². The zero-order valence-electron chi connectivity index (χ0n) is 15.6. The van der Waals surface area contributed by atoms with Gasteiger partial charge in [0.2, 0.25) is 0 Å². The summed E-state index contributed by atoms with van der Waals surface area (Å²) >= 11 is 0. The van der Waals surface area contributed by atoms with Crippen LogP contribution in [0.3, 0.4) is 0 Å². The molecular formula is C23H17FN4O. The van der Waals surface area contributed by atoms with E-state index in [-0.39, 0.29) is 5.82 Å². The third kappa shape index (κ3) is 3.36. The summed E-state index contributed by atoms with van der Waals surface area (Å²) in [5.74, 6) is 1.13. The average Bonchev–Trinajstić information content (AvgIpc) is 3.36. The molecule has 0 aliphatic rings. The van der Waals surface area contributed by atoms with Crippen LogP contribution in [0, 0.1) is 12.7 Å². The number of anilines is 2. The number of rotatable bonds is 4. The summed E-state index contributed by atoms with van der Waals surface area (Å²) < 4.78 is 20.7. The summed E-state index contributed by atoms with van der Waals surface area (Å²) in [6, 6.07) is 18.2. The van der Waals surface area contributed by atoms with Crippen LogP contribution in [0.4, 0.5) is 15.8 Å². The maximum atomic E-state index is 13.2. The number of pyridine rings is 1. The fourth-order valence-corrected chi connectivity index (χ4v) is 3.24. The van der Waals surface area contributed by atoms with E-state index < -0.39 is 0 Å². The number of hydrogen-bond donors (Lipinski definition) is 1. The molecule has 0 fully saturated rings. The van der Waals surface area contributed by atoms with Gasteiger partial charge < -0.3 is 14.1 Å². The second-order valence-corrected chi connectivity index (χ2v) is 6.73. The van der Waals surface area contributed by atoms with E-state index in [1.165, 1.54) is 12.1 Å². The van der Waals surface area contributed by atoms with Crippen LogP contribution in [-0.2, 0) is 0 Å². The molecule has 0 spiro atoms. The maximum absolute atomic E-state index is 13.2. The highest BCUT2D eigenvalue weighted by atomic mass is 19.1. The molecule has 0 saturated heterocycles. The fraction of sp³-hybridized carbons (Fsp3) is 0.0435. The molecule has 0 amide bonds. The van der Waals surface area contributed by atoms with Crippen molar-refractivity contribution in [2.75, 3.05) is 5.32 Å². The van der Waals surface area contributed by atoms with E-state index >= 15 is 0 Å². The summed E-state index contributed by atoms with van der Waals surface area (Å²) in [5, 5.41) is 3.42. The lowest BCUT2D eigenvalue weighted by Crippen LogP contribution is -1.94. The van der Waals surface area contributed by atoms with E-state index in [0.29, 0.717) is 5.89 Å². The van der Waals surface area contributed by atoms with Crippen molar-refractivity contribution in [2.45, 2.75) is 6.92 Å². The lowest BCUT2D eigenvalue weighted by molar-refractivity contribution is 0.534. The third-order valence-corrected chi connectivity index (χ3v) is 4.69. The summed E-state index contributed by atoms with van der Waals surface area (Å²) in [7, 11) is 0. The average molecular weight is 384 g/mol. The number of nitrogens with one attached hydrogen (secondary N) is 1. The van der Waals surface area contributed by atoms with Gasteiger partial charge in [0.05, 0.1) is 17.6 Å². The van der Waals surface area contributed by atoms with Gasteiger partial charge in [-0.2, -0.15) is 0 Å². The lowest BCUT2D eigenvalue weighted by atomic mass is 10.1. The summed E-state index contributed by atoms with van der Waals surface area (Å²) in [6.45, 7) is 1.82. The zero-order valence-corrected chi connectivity index (χ0v) is 15.6.